The quantitative estimate of drug-likeness (QED) is 0.485. The summed E-state index contributed by atoms with van der Waals surface area (Å²) in [6, 6.07) is 0. The fourth-order valence-electron chi connectivity index (χ4n) is 6.84. The van der Waals surface area contributed by atoms with Gasteiger partial charge in [-0.3, -0.25) is 14.4 Å². The summed E-state index contributed by atoms with van der Waals surface area (Å²) in [7, 11) is 0. The van der Waals surface area contributed by atoms with Gasteiger partial charge in [0.1, 0.15) is 11.9 Å². The maximum absolute atomic E-state index is 12.7. The highest BCUT2D eigenvalue weighted by Crippen LogP contribution is 2.63. The molecule has 29 heavy (non-hydrogen) atoms. The Hall–Kier alpha value is -1.71. The van der Waals surface area contributed by atoms with E-state index in [1.165, 1.54) is 0 Å². The van der Waals surface area contributed by atoms with Crippen molar-refractivity contribution in [3.63, 3.8) is 0 Å². The smallest absolute Gasteiger partial charge is 0.306 e. The topological polar surface area (TPSA) is 60.4 Å². The van der Waals surface area contributed by atoms with Gasteiger partial charge < -0.3 is 4.74 Å². The molecule has 3 fully saturated rings. The number of hydrogen-bond acceptors (Lipinski definition) is 4. The highest BCUT2D eigenvalue weighted by atomic mass is 16.5. The van der Waals surface area contributed by atoms with Gasteiger partial charge in [-0.1, -0.05) is 39.7 Å². The van der Waals surface area contributed by atoms with Crippen molar-refractivity contribution in [2.24, 2.45) is 28.6 Å². The van der Waals surface area contributed by atoms with E-state index in [4.69, 9.17) is 4.74 Å². The van der Waals surface area contributed by atoms with E-state index in [0.29, 0.717) is 36.4 Å². The molecule has 0 amide bonds. The van der Waals surface area contributed by atoms with E-state index < -0.39 is 0 Å². The Morgan fingerprint density at radius 1 is 1.17 bits per heavy atom. The van der Waals surface area contributed by atoms with Gasteiger partial charge in [-0.15, -0.1) is 0 Å². The van der Waals surface area contributed by atoms with Gasteiger partial charge in [0.15, 0.2) is 5.78 Å². The first-order valence-corrected chi connectivity index (χ1v) is 11.5. The lowest BCUT2D eigenvalue weighted by Crippen LogP contribution is -2.53. The van der Waals surface area contributed by atoms with Crippen LogP contribution in [0.1, 0.15) is 78.6 Å². The summed E-state index contributed by atoms with van der Waals surface area (Å²) in [5, 5.41) is 0. The fraction of sp³-hybridized carbons (Fsp3) is 0.720. The Labute approximate surface area is 174 Å². The van der Waals surface area contributed by atoms with E-state index in [1.54, 1.807) is 12.2 Å². The molecule has 4 aliphatic carbocycles. The molecule has 0 unspecified atom stereocenters. The number of carbonyl (C=O) groups is 3. The van der Waals surface area contributed by atoms with Crippen LogP contribution in [0.3, 0.4) is 0 Å². The minimum Gasteiger partial charge on any atom is -0.458 e. The first-order chi connectivity index (χ1) is 13.8. The van der Waals surface area contributed by atoms with Crippen LogP contribution < -0.4 is 0 Å². The Morgan fingerprint density at radius 2 is 1.97 bits per heavy atom. The van der Waals surface area contributed by atoms with Crippen LogP contribution in [0.15, 0.2) is 23.8 Å². The fourth-order valence-corrected chi connectivity index (χ4v) is 6.84. The molecule has 0 bridgehead atoms. The second kappa shape index (κ2) is 7.52. The van der Waals surface area contributed by atoms with E-state index >= 15 is 0 Å². The average Bonchev–Trinajstić information content (AvgIpc) is 2.98. The van der Waals surface area contributed by atoms with Crippen LogP contribution in [0, 0.1) is 28.6 Å². The van der Waals surface area contributed by atoms with Gasteiger partial charge in [-0.25, -0.2) is 0 Å². The Bertz CT molecular complexity index is 778. The van der Waals surface area contributed by atoms with Crippen molar-refractivity contribution >= 4 is 17.5 Å². The predicted molar refractivity (Wildman–Crippen MR) is 111 cm³/mol. The third-order valence-corrected chi connectivity index (χ3v) is 8.52. The van der Waals surface area contributed by atoms with E-state index in [9.17, 15) is 14.4 Å². The number of hydrogen-bond donors (Lipinski definition) is 0. The van der Waals surface area contributed by atoms with Gasteiger partial charge in [0.05, 0.1) is 0 Å². The number of ketones is 2. The lowest BCUT2D eigenvalue weighted by Gasteiger charge is -2.57. The molecule has 4 nitrogen and oxygen atoms in total. The standard InChI is InChI=1S/C25H34O4/c1-4-5-6-7-23(28)29-21-15-17-18-8-9-22(27)25(18,3)13-11-19(17)24(2)12-10-16(26)14-20(21)24/h10,12,14,17-19,21H,4-9,11,13,15H2,1-3H3/t17-,18-,19-,21-,24+,25-/m0/s1. The van der Waals surface area contributed by atoms with Crippen LogP contribution in [0.4, 0.5) is 0 Å². The summed E-state index contributed by atoms with van der Waals surface area (Å²) in [5.74, 6) is 1.35. The van der Waals surface area contributed by atoms with Gasteiger partial charge in [-0.2, -0.15) is 0 Å². The van der Waals surface area contributed by atoms with Crippen LogP contribution in [0.5, 0.6) is 0 Å². The third kappa shape index (κ3) is 3.33. The minimum absolute atomic E-state index is 0.0142. The zero-order valence-electron chi connectivity index (χ0n) is 18.0. The number of Topliss-reactive ketones (excluding diaryl/α,β-unsaturated/α-hetero) is 1. The lowest BCUT2D eigenvalue weighted by atomic mass is 9.48. The summed E-state index contributed by atoms with van der Waals surface area (Å²) < 4.78 is 6.00. The average molecular weight is 399 g/mol. The highest BCUT2D eigenvalue weighted by Gasteiger charge is 2.60. The van der Waals surface area contributed by atoms with E-state index in [1.807, 2.05) is 0 Å². The third-order valence-electron chi connectivity index (χ3n) is 8.52. The molecule has 0 saturated heterocycles. The first kappa shape index (κ1) is 20.6. The minimum atomic E-state index is -0.345. The normalized spacial score (nSPS) is 40.7. The number of rotatable bonds is 5. The molecule has 0 radical (unpaired) electrons. The van der Waals surface area contributed by atoms with Crippen LogP contribution in [-0.4, -0.2) is 23.6 Å². The van der Waals surface area contributed by atoms with Crippen LogP contribution in [-0.2, 0) is 19.1 Å². The number of esters is 1. The molecule has 0 heterocycles. The molecule has 0 spiro atoms. The summed E-state index contributed by atoms with van der Waals surface area (Å²) in [5.41, 5.74) is 0.490. The molecule has 158 valence electrons. The van der Waals surface area contributed by atoms with E-state index in [0.717, 1.165) is 50.5 Å². The van der Waals surface area contributed by atoms with Crippen molar-refractivity contribution in [2.75, 3.05) is 0 Å². The maximum Gasteiger partial charge on any atom is 0.306 e. The molecule has 3 saturated carbocycles. The molecule has 6 atom stereocenters. The van der Waals surface area contributed by atoms with Gasteiger partial charge >= 0.3 is 5.97 Å². The van der Waals surface area contributed by atoms with Crippen molar-refractivity contribution < 1.29 is 19.1 Å². The van der Waals surface area contributed by atoms with E-state index in [2.05, 4.69) is 26.8 Å². The summed E-state index contributed by atoms with van der Waals surface area (Å²) in [6.07, 6.45) is 12.8. The molecular formula is C25H34O4. The van der Waals surface area contributed by atoms with Crippen LogP contribution in [0.25, 0.3) is 0 Å². The largest absolute Gasteiger partial charge is 0.458 e. The number of allylic oxidation sites excluding steroid dienone is 3. The molecule has 0 aromatic rings. The van der Waals surface area contributed by atoms with Gasteiger partial charge in [-0.05, 0) is 67.6 Å². The maximum atomic E-state index is 12.7. The highest BCUT2D eigenvalue weighted by molar-refractivity contribution is 6.01. The number of carbonyl (C=O) groups excluding carboxylic acids is 3. The van der Waals surface area contributed by atoms with Crippen molar-refractivity contribution in [2.45, 2.75) is 84.7 Å². The van der Waals surface area contributed by atoms with Gasteiger partial charge in [0.25, 0.3) is 0 Å². The van der Waals surface area contributed by atoms with Crippen molar-refractivity contribution in [1.82, 2.24) is 0 Å². The van der Waals surface area contributed by atoms with Crippen molar-refractivity contribution in [3.05, 3.63) is 23.8 Å². The SMILES string of the molecule is CCCCCC(=O)O[C@H]1C[C@@H]2[C@H](CC[C@]3(C)C(=O)CC[C@@H]23)[C@@]2(C)C=CC(=O)C=C12. The second-order valence-corrected chi connectivity index (χ2v) is 10.1. The molecule has 4 aliphatic rings. The molecular weight excluding hydrogens is 364 g/mol. The number of ether oxygens (including phenoxy) is 1. The van der Waals surface area contributed by atoms with Crippen molar-refractivity contribution in [3.8, 4) is 0 Å². The van der Waals surface area contributed by atoms with Crippen LogP contribution >= 0.6 is 0 Å². The Morgan fingerprint density at radius 3 is 2.72 bits per heavy atom. The molecule has 0 aromatic heterocycles. The summed E-state index contributed by atoms with van der Waals surface area (Å²) in [6.45, 7) is 6.48. The zero-order chi connectivity index (χ0) is 20.8. The van der Waals surface area contributed by atoms with E-state index in [-0.39, 0.29) is 28.7 Å². The van der Waals surface area contributed by atoms with Crippen molar-refractivity contribution in [1.29, 1.82) is 0 Å². The second-order valence-electron chi connectivity index (χ2n) is 10.1. The lowest BCUT2D eigenvalue weighted by molar-refractivity contribution is -0.154. The summed E-state index contributed by atoms with van der Waals surface area (Å²) >= 11 is 0. The number of unbranched alkanes of at least 4 members (excludes halogenated alkanes) is 2. The Kier molecular flexibility index (Phi) is 5.33. The number of fused-ring (bicyclic) bond motifs is 5. The molecule has 4 heteroatoms. The predicted octanol–water partition coefficient (Wildman–Crippen LogP) is 4.97. The van der Waals surface area contributed by atoms with Gasteiger partial charge in [0.2, 0.25) is 0 Å². The Balaban J connectivity index is 1.63. The molecule has 0 aromatic carbocycles. The zero-order valence-corrected chi connectivity index (χ0v) is 18.0. The molecule has 0 N–H and O–H groups in total. The molecule has 4 rings (SSSR count). The van der Waals surface area contributed by atoms with Gasteiger partial charge in [0, 0.05) is 23.7 Å². The van der Waals surface area contributed by atoms with Crippen LogP contribution in [0.2, 0.25) is 0 Å². The molecule has 0 aliphatic heterocycles. The summed E-state index contributed by atoms with van der Waals surface area (Å²) in [4.78, 5) is 37.4. The first-order valence-electron chi connectivity index (χ1n) is 11.5. The monoisotopic (exact) mass is 398 g/mol.